The zero-order valence-electron chi connectivity index (χ0n) is 10.3. The highest BCUT2D eigenvalue weighted by molar-refractivity contribution is 5.76. The summed E-state index contributed by atoms with van der Waals surface area (Å²) in [5.41, 5.74) is 1.16. The average molecular weight is 231 g/mol. The summed E-state index contributed by atoms with van der Waals surface area (Å²) in [5, 5.41) is 0.981. The number of hydrogen-bond acceptors (Lipinski definition) is 3. The predicted molar refractivity (Wildman–Crippen MR) is 69.1 cm³/mol. The fourth-order valence-electron chi connectivity index (χ4n) is 1.90. The van der Waals surface area contributed by atoms with E-state index in [4.69, 9.17) is 4.42 Å². The van der Waals surface area contributed by atoms with Crippen LogP contribution in [0.15, 0.2) is 39.5 Å². The van der Waals surface area contributed by atoms with Gasteiger partial charge in [0, 0.05) is 11.9 Å². The first kappa shape index (κ1) is 11.9. The molecule has 2 rings (SSSR count). The first-order valence-corrected chi connectivity index (χ1v) is 5.98. The summed E-state index contributed by atoms with van der Waals surface area (Å²) in [6, 6.07) is 9.53. The van der Waals surface area contributed by atoms with Crippen LogP contribution < -0.4 is 5.63 Å². The smallest absolute Gasteiger partial charge is 0.340 e. The van der Waals surface area contributed by atoms with Gasteiger partial charge in [-0.3, -0.25) is 4.90 Å². The highest BCUT2D eigenvalue weighted by atomic mass is 16.4. The predicted octanol–water partition coefficient (Wildman–Crippen LogP) is 2.63. The van der Waals surface area contributed by atoms with Crippen molar-refractivity contribution >= 4 is 11.0 Å². The topological polar surface area (TPSA) is 33.5 Å². The van der Waals surface area contributed by atoms with Crippen LogP contribution in [-0.2, 0) is 6.54 Å². The number of para-hydroxylation sites is 1. The van der Waals surface area contributed by atoms with E-state index in [0.717, 1.165) is 24.0 Å². The lowest BCUT2D eigenvalue weighted by molar-refractivity contribution is 0.291. The standard InChI is InChI=1S/C14H17NO2/c1-3-15(4-2)10-12-9-11-7-5-6-8-13(11)17-14(12)16/h5-9H,3-4,10H2,1-2H3. The lowest BCUT2D eigenvalue weighted by Crippen LogP contribution is -2.25. The van der Waals surface area contributed by atoms with Crippen molar-refractivity contribution < 1.29 is 4.42 Å². The summed E-state index contributed by atoms with van der Waals surface area (Å²) in [5.74, 6) is 0. The van der Waals surface area contributed by atoms with Crippen LogP contribution in [0.2, 0.25) is 0 Å². The van der Waals surface area contributed by atoms with Gasteiger partial charge < -0.3 is 4.42 Å². The molecular weight excluding hydrogens is 214 g/mol. The SMILES string of the molecule is CCN(CC)Cc1cc2ccccc2oc1=O. The molecule has 0 unspecified atom stereocenters. The molecule has 3 heteroatoms. The van der Waals surface area contributed by atoms with E-state index in [-0.39, 0.29) is 5.63 Å². The van der Waals surface area contributed by atoms with Crippen LogP contribution in [0.1, 0.15) is 19.4 Å². The van der Waals surface area contributed by atoms with E-state index in [1.165, 1.54) is 0 Å². The van der Waals surface area contributed by atoms with E-state index in [2.05, 4.69) is 18.7 Å². The molecule has 0 bridgehead atoms. The molecular formula is C14H17NO2. The lowest BCUT2D eigenvalue weighted by Gasteiger charge is -2.17. The van der Waals surface area contributed by atoms with Crippen LogP contribution in [0.4, 0.5) is 0 Å². The van der Waals surface area contributed by atoms with Gasteiger partial charge in [-0.05, 0) is 25.2 Å². The summed E-state index contributed by atoms with van der Waals surface area (Å²) < 4.78 is 5.30. The number of rotatable bonds is 4. The van der Waals surface area contributed by atoms with Gasteiger partial charge >= 0.3 is 5.63 Å². The molecule has 0 saturated heterocycles. The number of benzene rings is 1. The van der Waals surface area contributed by atoms with E-state index in [1.807, 2.05) is 30.3 Å². The second-order valence-electron chi connectivity index (χ2n) is 4.06. The maximum Gasteiger partial charge on any atom is 0.340 e. The Bertz CT molecular complexity index is 555. The minimum atomic E-state index is -0.226. The molecule has 0 aliphatic carbocycles. The van der Waals surface area contributed by atoms with E-state index >= 15 is 0 Å². The number of fused-ring (bicyclic) bond motifs is 1. The minimum Gasteiger partial charge on any atom is -0.422 e. The fourth-order valence-corrected chi connectivity index (χ4v) is 1.90. The third-order valence-electron chi connectivity index (χ3n) is 3.00. The quantitative estimate of drug-likeness (QED) is 0.758. The molecule has 17 heavy (non-hydrogen) atoms. The molecule has 2 aromatic rings. The van der Waals surface area contributed by atoms with E-state index in [1.54, 1.807) is 0 Å². The van der Waals surface area contributed by atoms with E-state index < -0.39 is 0 Å². The Morgan fingerprint density at radius 1 is 1.18 bits per heavy atom. The van der Waals surface area contributed by atoms with Crippen LogP contribution in [-0.4, -0.2) is 18.0 Å². The zero-order valence-corrected chi connectivity index (χ0v) is 10.3. The lowest BCUT2D eigenvalue weighted by atomic mass is 10.2. The maximum absolute atomic E-state index is 11.8. The Labute approximate surface area is 101 Å². The Hall–Kier alpha value is -1.61. The van der Waals surface area contributed by atoms with Crippen molar-refractivity contribution in [2.45, 2.75) is 20.4 Å². The molecule has 90 valence electrons. The summed E-state index contributed by atoms with van der Waals surface area (Å²) in [7, 11) is 0. The Balaban J connectivity index is 2.40. The third kappa shape index (κ3) is 2.56. The van der Waals surface area contributed by atoms with Gasteiger partial charge in [0.2, 0.25) is 0 Å². The maximum atomic E-state index is 11.8. The van der Waals surface area contributed by atoms with Crippen molar-refractivity contribution in [2.24, 2.45) is 0 Å². The highest BCUT2D eigenvalue weighted by Gasteiger charge is 2.08. The Morgan fingerprint density at radius 2 is 1.88 bits per heavy atom. The van der Waals surface area contributed by atoms with Crippen molar-refractivity contribution in [1.82, 2.24) is 4.90 Å². The summed E-state index contributed by atoms with van der Waals surface area (Å²) >= 11 is 0. The van der Waals surface area contributed by atoms with E-state index in [0.29, 0.717) is 12.1 Å². The molecule has 0 saturated carbocycles. The molecule has 0 radical (unpaired) electrons. The average Bonchev–Trinajstić information content (AvgIpc) is 2.36. The van der Waals surface area contributed by atoms with Gasteiger partial charge in [0.25, 0.3) is 0 Å². The van der Waals surface area contributed by atoms with Gasteiger partial charge in [-0.25, -0.2) is 4.79 Å². The first-order valence-electron chi connectivity index (χ1n) is 5.98. The highest BCUT2D eigenvalue weighted by Crippen LogP contribution is 2.13. The van der Waals surface area contributed by atoms with Crippen LogP contribution in [0.3, 0.4) is 0 Å². The molecule has 0 atom stereocenters. The van der Waals surface area contributed by atoms with Gasteiger partial charge in [0.1, 0.15) is 5.58 Å². The first-order chi connectivity index (χ1) is 8.24. The summed E-state index contributed by atoms with van der Waals surface area (Å²) in [6.45, 7) is 6.70. The van der Waals surface area contributed by atoms with Gasteiger partial charge in [0.15, 0.2) is 0 Å². The Kier molecular flexibility index (Phi) is 3.59. The molecule has 0 aliphatic rings. The molecule has 1 aromatic carbocycles. The molecule has 3 nitrogen and oxygen atoms in total. The van der Waals surface area contributed by atoms with Crippen LogP contribution in [0.5, 0.6) is 0 Å². The monoisotopic (exact) mass is 231 g/mol. The normalized spacial score (nSPS) is 11.2. The van der Waals surface area contributed by atoms with Crippen molar-refractivity contribution in [3.63, 3.8) is 0 Å². The van der Waals surface area contributed by atoms with Crippen molar-refractivity contribution in [1.29, 1.82) is 0 Å². The number of nitrogens with zero attached hydrogens (tertiary/aromatic N) is 1. The van der Waals surface area contributed by atoms with Crippen LogP contribution >= 0.6 is 0 Å². The van der Waals surface area contributed by atoms with Crippen LogP contribution in [0.25, 0.3) is 11.0 Å². The minimum absolute atomic E-state index is 0.226. The van der Waals surface area contributed by atoms with Crippen LogP contribution in [0, 0.1) is 0 Å². The molecule has 0 aliphatic heterocycles. The van der Waals surface area contributed by atoms with Gasteiger partial charge in [0.05, 0.1) is 5.56 Å². The zero-order chi connectivity index (χ0) is 12.3. The second-order valence-corrected chi connectivity index (χ2v) is 4.06. The van der Waals surface area contributed by atoms with Gasteiger partial charge in [-0.2, -0.15) is 0 Å². The van der Waals surface area contributed by atoms with Gasteiger partial charge in [-0.1, -0.05) is 32.0 Å². The summed E-state index contributed by atoms with van der Waals surface area (Å²) in [6.07, 6.45) is 0. The van der Waals surface area contributed by atoms with E-state index in [9.17, 15) is 4.79 Å². The molecule has 0 fully saturated rings. The largest absolute Gasteiger partial charge is 0.422 e. The van der Waals surface area contributed by atoms with Crippen molar-refractivity contribution in [3.8, 4) is 0 Å². The molecule has 0 amide bonds. The fraction of sp³-hybridized carbons (Fsp3) is 0.357. The third-order valence-corrected chi connectivity index (χ3v) is 3.00. The summed E-state index contributed by atoms with van der Waals surface area (Å²) in [4.78, 5) is 14.0. The molecule has 1 heterocycles. The molecule has 1 aromatic heterocycles. The van der Waals surface area contributed by atoms with Crippen molar-refractivity contribution in [3.05, 3.63) is 46.3 Å². The van der Waals surface area contributed by atoms with Gasteiger partial charge in [-0.15, -0.1) is 0 Å². The number of hydrogen-bond donors (Lipinski definition) is 0. The second kappa shape index (κ2) is 5.15. The Morgan fingerprint density at radius 3 is 2.59 bits per heavy atom. The molecule has 0 N–H and O–H groups in total. The van der Waals surface area contributed by atoms with Crippen molar-refractivity contribution in [2.75, 3.05) is 13.1 Å². The molecule has 0 spiro atoms.